The summed E-state index contributed by atoms with van der Waals surface area (Å²) in [5.74, 6) is -0.0681. The smallest absolute Gasteiger partial charge is 0.242 e. The van der Waals surface area contributed by atoms with Crippen LogP contribution in [0.15, 0.2) is 83.8 Å². The van der Waals surface area contributed by atoms with Gasteiger partial charge in [0.2, 0.25) is 15.9 Å². The van der Waals surface area contributed by atoms with E-state index < -0.39 is 22.0 Å². The molecule has 0 aliphatic carbocycles. The van der Waals surface area contributed by atoms with Gasteiger partial charge in [-0.05, 0) is 49.2 Å². The fraction of sp³-hybridized carbons (Fsp3) is 0.174. The van der Waals surface area contributed by atoms with E-state index in [1.54, 1.807) is 24.3 Å². The Bertz CT molecular complexity index is 1120. The standard InChI is InChI=1S/C23H23ClN2O4S/c1-2-30-22-14-13-19(16-20(22)24)31(28,29)26-21(15-17-9-5-3-6-10-17)23(27)25-18-11-7-4-8-12-18/h3-14,16,21,26H,2,15H2,1H3,(H,25,27)/t21-/m1/s1. The molecule has 6 nitrogen and oxygen atoms in total. The van der Waals surface area contributed by atoms with Crippen LogP contribution >= 0.6 is 11.6 Å². The summed E-state index contributed by atoms with van der Waals surface area (Å²) in [6.07, 6.45) is 0.184. The van der Waals surface area contributed by atoms with Gasteiger partial charge in [0.15, 0.2) is 0 Å². The fourth-order valence-corrected chi connectivity index (χ4v) is 4.49. The first kappa shape index (κ1) is 22.8. The van der Waals surface area contributed by atoms with Crippen molar-refractivity contribution < 1.29 is 17.9 Å². The van der Waals surface area contributed by atoms with Gasteiger partial charge < -0.3 is 10.1 Å². The van der Waals surface area contributed by atoms with Crippen LogP contribution in [0.2, 0.25) is 5.02 Å². The molecule has 0 aliphatic rings. The van der Waals surface area contributed by atoms with E-state index in [0.29, 0.717) is 18.0 Å². The third-order valence-corrected chi connectivity index (χ3v) is 6.22. The number of carbonyl (C=O) groups excluding carboxylic acids is 1. The van der Waals surface area contributed by atoms with Crippen LogP contribution in [0.3, 0.4) is 0 Å². The van der Waals surface area contributed by atoms with Gasteiger partial charge in [0.05, 0.1) is 16.5 Å². The average molecular weight is 459 g/mol. The predicted octanol–water partition coefficient (Wildman–Crippen LogP) is 4.27. The molecule has 0 heterocycles. The van der Waals surface area contributed by atoms with E-state index in [1.165, 1.54) is 18.2 Å². The molecule has 0 unspecified atom stereocenters. The summed E-state index contributed by atoms with van der Waals surface area (Å²) in [6, 6.07) is 21.2. The van der Waals surface area contributed by atoms with Crippen LogP contribution in [0.1, 0.15) is 12.5 Å². The van der Waals surface area contributed by atoms with E-state index in [0.717, 1.165) is 5.56 Å². The van der Waals surface area contributed by atoms with Crippen LogP contribution in [-0.2, 0) is 21.2 Å². The Morgan fingerprint density at radius 2 is 1.65 bits per heavy atom. The molecule has 0 aromatic heterocycles. The van der Waals surface area contributed by atoms with Crippen molar-refractivity contribution in [3.05, 3.63) is 89.4 Å². The number of ether oxygens (including phenoxy) is 1. The highest BCUT2D eigenvalue weighted by molar-refractivity contribution is 7.89. The summed E-state index contributed by atoms with van der Waals surface area (Å²) in [6.45, 7) is 2.21. The largest absolute Gasteiger partial charge is 0.492 e. The molecule has 162 valence electrons. The summed E-state index contributed by atoms with van der Waals surface area (Å²) in [4.78, 5) is 12.9. The van der Waals surface area contributed by atoms with Gasteiger partial charge in [-0.15, -0.1) is 0 Å². The first-order chi connectivity index (χ1) is 14.9. The minimum Gasteiger partial charge on any atom is -0.492 e. The molecule has 2 N–H and O–H groups in total. The molecule has 0 fully saturated rings. The maximum absolute atomic E-state index is 13.0. The van der Waals surface area contributed by atoms with Crippen molar-refractivity contribution in [2.24, 2.45) is 0 Å². The Labute approximate surface area is 187 Å². The Kier molecular flexibility index (Phi) is 7.68. The second-order valence-corrected chi connectivity index (χ2v) is 8.87. The molecule has 3 aromatic rings. The van der Waals surface area contributed by atoms with Crippen LogP contribution < -0.4 is 14.8 Å². The van der Waals surface area contributed by atoms with E-state index >= 15 is 0 Å². The zero-order valence-corrected chi connectivity index (χ0v) is 18.5. The van der Waals surface area contributed by atoms with Crippen LogP contribution in [0, 0.1) is 0 Å². The second kappa shape index (κ2) is 10.4. The van der Waals surface area contributed by atoms with Crippen molar-refractivity contribution in [1.82, 2.24) is 4.72 Å². The lowest BCUT2D eigenvalue weighted by Crippen LogP contribution is -2.45. The average Bonchev–Trinajstić information content (AvgIpc) is 2.76. The molecule has 1 amide bonds. The molecule has 3 aromatic carbocycles. The number of hydrogen-bond donors (Lipinski definition) is 2. The normalized spacial score (nSPS) is 12.2. The fourth-order valence-electron chi connectivity index (χ4n) is 2.97. The number of anilines is 1. The third-order valence-electron chi connectivity index (χ3n) is 4.45. The molecule has 3 rings (SSSR count). The Hall–Kier alpha value is -2.87. The van der Waals surface area contributed by atoms with Crippen molar-refractivity contribution in [3.63, 3.8) is 0 Å². The van der Waals surface area contributed by atoms with Gasteiger partial charge in [0, 0.05) is 5.69 Å². The van der Waals surface area contributed by atoms with Gasteiger partial charge in [0.25, 0.3) is 0 Å². The van der Waals surface area contributed by atoms with E-state index in [-0.39, 0.29) is 16.3 Å². The maximum atomic E-state index is 13.0. The Balaban J connectivity index is 1.86. The van der Waals surface area contributed by atoms with E-state index in [9.17, 15) is 13.2 Å². The molecule has 0 saturated heterocycles. The molecule has 0 spiro atoms. The number of nitrogens with one attached hydrogen (secondary N) is 2. The number of halogens is 1. The highest BCUT2D eigenvalue weighted by atomic mass is 35.5. The summed E-state index contributed by atoms with van der Waals surface area (Å²) in [5.41, 5.74) is 1.40. The predicted molar refractivity (Wildman–Crippen MR) is 122 cm³/mol. The lowest BCUT2D eigenvalue weighted by molar-refractivity contribution is -0.117. The lowest BCUT2D eigenvalue weighted by atomic mass is 10.1. The van der Waals surface area contributed by atoms with E-state index in [2.05, 4.69) is 10.0 Å². The number of sulfonamides is 1. The maximum Gasteiger partial charge on any atom is 0.242 e. The van der Waals surface area contributed by atoms with Crippen LogP contribution in [-0.4, -0.2) is 27.0 Å². The van der Waals surface area contributed by atoms with Gasteiger partial charge in [-0.3, -0.25) is 4.79 Å². The first-order valence-electron chi connectivity index (χ1n) is 9.73. The molecule has 8 heteroatoms. The molecule has 1 atom stereocenters. The SMILES string of the molecule is CCOc1ccc(S(=O)(=O)N[C@H](Cc2ccccc2)C(=O)Nc2ccccc2)cc1Cl. The van der Waals surface area contributed by atoms with Gasteiger partial charge in [-0.1, -0.05) is 60.1 Å². The lowest BCUT2D eigenvalue weighted by Gasteiger charge is -2.19. The Morgan fingerprint density at radius 1 is 1.00 bits per heavy atom. The van der Waals surface area contributed by atoms with E-state index in [4.69, 9.17) is 16.3 Å². The number of rotatable bonds is 9. The van der Waals surface area contributed by atoms with Crippen LogP contribution in [0.25, 0.3) is 0 Å². The molecular formula is C23H23ClN2O4S. The van der Waals surface area contributed by atoms with Crippen molar-refractivity contribution in [3.8, 4) is 5.75 Å². The number of hydrogen-bond acceptors (Lipinski definition) is 4. The molecule has 0 aliphatic heterocycles. The van der Waals surface area contributed by atoms with Gasteiger partial charge in [0.1, 0.15) is 11.8 Å². The number of carbonyl (C=O) groups is 1. The van der Waals surface area contributed by atoms with Crippen molar-refractivity contribution in [2.45, 2.75) is 24.3 Å². The molecule has 0 radical (unpaired) electrons. The minimum absolute atomic E-state index is 0.0495. The first-order valence-corrected chi connectivity index (χ1v) is 11.6. The molecular weight excluding hydrogens is 436 g/mol. The summed E-state index contributed by atoms with van der Waals surface area (Å²) < 4.78 is 33.9. The quantitative estimate of drug-likeness (QED) is 0.501. The van der Waals surface area contributed by atoms with Crippen molar-refractivity contribution >= 4 is 33.2 Å². The topological polar surface area (TPSA) is 84.5 Å². The zero-order chi connectivity index (χ0) is 22.3. The number of para-hydroxylation sites is 1. The summed E-state index contributed by atoms with van der Waals surface area (Å²) >= 11 is 6.15. The van der Waals surface area contributed by atoms with Crippen molar-refractivity contribution in [2.75, 3.05) is 11.9 Å². The van der Waals surface area contributed by atoms with Gasteiger partial charge >= 0.3 is 0 Å². The van der Waals surface area contributed by atoms with Crippen LogP contribution in [0.5, 0.6) is 5.75 Å². The van der Waals surface area contributed by atoms with Crippen molar-refractivity contribution in [1.29, 1.82) is 0 Å². The number of benzene rings is 3. The summed E-state index contributed by atoms with van der Waals surface area (Å²) in [7, 11) is -4.02. The summed E-state index contributed by atoms with van der Waals surface area (Å²) in [5, 5.41) is 2.94. The molecule has 0 saturated carbocycles. The highest BCUT2D eigenvalue weighted by Crippen LogP contribution is 2.27. The third kappa shape index (κ3) is 6.30. The second-order valence-electron chi connectivity index (χ2n) is 6.74. The number of amides is 1. The highest BCUT2D eigenvalue weighted by Gasteiger charge is 2.27. The molecule has 31 heavy (non-hydrogen) atoms. The van der Waals surface area contributed by atoms with Gasteiger partial charge in [-0.25, -0.2) is 8.42 Å². The molecule has 0 bridgehead atoms. The van der Waals surface area contributed by atoms with E-state index in [1.807, 2.05) is 43.3 Å². The van der Waals surface area contributed by atoms with Gasteiger partial charge in [-0.2, -0.15) is 4.72 Å². The Morgan fingerprint density at radius 3 is 2.26 bits per heavy atom. The van der Waals surface area contributed by atoms with Crippen LogP contribution in [0.4, 0.5) is 5.69 Å². The zero-order valence-electron chi connectivity index (χ0n) is 16.9. The minimum atomic E-state index is -4.02. The monoisotopic (exact) mass is 458 g/mol.